The number of rotatable bonds is 10. The van der Waals surface area contributed by atoms with Crippen molar-refractivity contribution in [3.8, 4) is 6.01 Å². The van der Waals surface area contributed by atoms with Crippen LogP contribution < -0.4 is 15.0 Å². The van der Waals surface area contributed by atoms with Crippen molar-refractivity contribution in [3.05, 3.63) is 0 Å². The molecule has 0 spiro atoms. The molecule has 1 atom stereocenters. The average molecular weight is 295 g/mol. The molecule has 1 unspecified atom stereocenters. The highest BCUT2D eigenvalue weighted by molar-refractivity contribution is 5.36. The van der Waals surface area contributed by atoms with Crippen LogP contribution in [0.4, 0.5) is 11.9 Å². The van der Waals surface area contributed by atoms with E-state index in [2.05, 4.69) is 34.1 Å². The molecule has 0 aliphatic carbocycles. The Kier molecular flexibility index (Phi) is 7.79. The van der Waals surface area contributed by atoms with E-state index in [9.17, 15) is 0 Å². The van der Waals surface area contributed by atoms with E-state index in [4.69, 9.17) is 4.74 Å². The number of unbranched alkanes of at least 4 members (excludes halogenated alkanes) is 3. The number of anilines is 2. The zero-order chi connectivity index (χ0) is 15.7. The first kappa shape index (κ1) is 17.5. The third-order valence-electron chi connectivity index (χ3n) is 3.11. The van der Waals surface area contributed by atoms with Crippen LogP contribution in [0.15, 0.2) is 0 Å². The number of hydrogen-bond acceptors (Lipinski definition) is 6. The molecule has 1 N–H and O–H groups in total. The van der Waals surface area contributed by atoms with Gasteiger partial charge in [0.15, 0.2) is 0 Å². The third kappa shape index (κ3) is 6.60. The highest BCUT2D eigenvalue weighted by Gasteiger charge is 2.11. The van der Waals surface area contributed by atoms with Gasteiger partial charge >= 0.3 is 6.01 Å². The van der Waals surface area contributed by atoms with Crippen LogP contribution in [0.5, 0.6) is 6.01 Å². The van der Waals surface area contributed by atoms with Crippen molar-refractivity contribution in [1.82, 2.24) is 15.0 Å². The smallest absolute Gasteiger partial charge is 0.323 e. The van der Waals surface area contributed by atoms with Crippen LogP contribution in [-0.4, -0.2) is 41.7 Å². The molecule has 0 radical (unpaired) electrons. The number of hydrogen-bond donors (Lipinski definition) is 1. The maximum Gasteiger partial charge on any atom is 0.323 e. The molecule has 0 aliphatic heterocycles. The third-order valence-corrected chi connectivity index (χ3v) is 3.11. The Hall–Kier alpha value is -1.59. The molecule has 120 valence electrons. The van der Waals surface area contributed by atoms with Crippen LogP contribution in [-0.2, 0) is 0 Å². The van der Waals surface area contributed by atoms with E-state index in [1.54, 1.807) is 0 Å². The summed E-state index contributed by atoms with van der Waals surface area (Å²) >= 11 is 0. The Morgan fingerprint density at radius 2 is 1.86 bits per heavy atom. The maximum atomic E-state index is 5.84. The summed E-state index contributed by atoms with van der Waals surface area (Å²) in [4.78, 5) is 14.8. The van der Waals surface area contributed by atoms with Crippen LogP contribution in [0.25, 0.3) is 0 Å². The normalized spacial score (nSPS) is 12.0. The van der Waals surface area contributed by atoms with Gasteiger partial charge in [-0.15, -0.1) is 0 Å². The number of ether oxygens (including phenoxy) is 1. The zero-order valence-corrected chi connectivity index (χ0v) is 14.0. The molecular weight excluding hydrogens is 266 g/mol. The van der Waals surface area contributed by atoms with E-state index in [1.807, 2.05) is 25.9 Å². The van der Waals surface area contributed by atoms with Gasteiger partial charge in [-0.3, -0.25) is 0 Å². The van der Waals surface area contributed by atoms with Crippen molar-refractivity contribution in [1.29, 1.82) is 0 Å². The van der Waals surface area contributed by atoms with Crippen molar-refractivity contribution in [2.24, 2.45) is 0 Å². The van der Waals surface area contributed by atoms with E-state index in [0.717, 1.165) is 13.0 Å². The first-order valence-electron chi connectivity index (χ1n) is 7.90. The van der Waals surface area contributed by atoms with E-state index in [1.165, 1.54) is 25.7 Å². The minimum Gasteiger partial charge on any atom is -0.460 e. The Morgan fingerprint density at radius 1 is 1.10 bits per heavy atom. The molecule has 0 fully saturated rings. The second-order valence-corrected chi connectivity index (χ2v) is 5.44. The molecule has 0 saturated heterocycles. The van der Waals surface area contributed by atoms with Gasteiger partial charge in [-0.2, -0.15) is 15.0 Å². The van der Waals surface area contributed by atoms with Crippen LogP contribution >= 0.6 is 0 Å². The monoisotopic (exact) mass is 295 g/mol. The first-order chi connectivity index (χ1) is 10.1. The summed E-state index contributed by atoms with van der Waals surface area (Å²) in [5, 5.41) is 3.11. The molecule has 21 heavy (non-hydrogen) atoms. The van der Waals surface area contributed by atoms with Gasteiger partial charge in [-0.25, -0.2) is 0 Å². The Balaban J connectivity index is 2.63. The fourth-order valence-corrected chi connectivity index (χ4v) is 1.93. The fourth-order valence-electron chi connectivity index (χ4n) is 1.93. The predicted molar refractivity (Wildman–Crippen MR) is 87.2 cm³/mol. The lowest BCUT2D eigenvalue weighted by atomic mass is 10.1. The molecule has 1 rings (SSSR count). The summed E-state index contributed by atoms with van der Waals surface area (Å²) < 4.78 is 5.84. The van der Waals surface area contributed by atoms with E-state index in [0.29, 0.717) is 17.9 Å². The predicted octanol–water partition coefficient (Wildman–Crippen LogP) is 3.11. The SMILES string of the molecule is CCCCCCC(C)Oc1nc(NCC)nc(N(C)C)n1. The largest absolute Gasteiger partial charge is 0.460 e. The van der Waals surface area contributed by atoms with Crippen LogP contribution in [0, 0.1) is 0 Å². The second-order valence-electron chi connectivity index (χ2n) is 5.44. The Bertz CT molecular complexity index is 411. The minimum atomic E-state index is 0.119. The van der Waals surface area contributed by atoms with Gasteiger partial charge in [0.05, 0.1) is 6.10 Å². The van der Waals surface area contributed by atoms with Gasteiger partial charge in [0.25, 0.3) is 0 Å². The molecule has 1 heterocycles. The summed E-state index contributed by atoms with van der Waals surface area (Å²) in [6.07, 6.45) is 6.12. The van der Waals surface area contributed by atoms with E-state index < -0.39 is 0 Å². The van der Waals surface area contributed by atoms with E-state index >= 15 is 0 Å². The van der Waals surface area contributed by atoms with Crippen molar-refractivity contribution in [3.63, 3.8) is 0 Å². The molecule has 1 aromatic heterocycles. The van der Waals surface area contributed by atoms with E-state index in [-0.39, 0.29) is 6.10 Å². The summed E-state index contributed by atoms with van der Waals surface area (Å²) in [6, 6.07) is 0.396. The lowest BCUT2D eigenvalue weighted by Crippen LogP contribution is -2.19. The van der Waals surface area contributed by atoms with Gasteiger partial charge in [-0.1, -0.05) is 26.2 Å². The van der Waals surface area contributed by atoms with Crippen molar-refractivity contribution in [2.75, 3.05) is 30.9 Å². The first-order valence-corrected chi connectivity index (χ1v) is 7.90. The molecule has 0 aliphatic rings. The fraction of sp³-hybridized carbons (Fsp3) is 0.800. The molecule has 1 aromatic rings. The Labute approximate surface area is 128 Å². The second kappa shape index (κ2) is 9.37. The van der Waals surface area contributed by atoms with Crippen LogP contribution in [0.3, 0.4) is 0 Å². The zero-order valence-electron chi connectivity index (χ0n) is 14.0. The van der Waals surface area contributed by atoms with Gasteiger partial charge in [0, 0.05) is 20.6 Å². The number of aromatic nitrogens is 3. The lowest BCUT2D eigenvalue weighted by Gasteiger charge is -2.16. The number of nitrogens with one attached hydrogen (secondary N) is 1. The van der Waals surface area contributed by atoms with Crippen molar-refractivity contribution in [2.45, 2.75) is 59.0 Å². The topological polar surface area (TPSA) is 63.2 Å². The van der Waals surface area contributed by atoms with Gasteiger partial charge in [-0.05, 0) is 26.7 Å². The summed E-state index contributed by atoms with van der Waals surface area (Å²) in [7, 11) is 3.81. The van der Waals surface area contributed by atoms with Gasteiger partial charge in [0.2, 0.25) is 11.9 Å². The van der Waals surface area contributed by atoms with Crippen molar-refractivity contribution >= 4 is 11.9 Å². The molecule has 0 aromatic carbocycles. The quantitative estimate of drug-likeness (QED) is 0.669. The molecule has 0 saturated carbocycles. The molecule has 0 amide bonds. The Morgan fingerprint density at radius 3 is 2.48 bits per heavy atom. The highest BCUT2D eigenvalue weighted by Crippen LogP contribution is 2.16. The van der Waals surface area contributed by atoms with Crippen LogP contribution in [0.1, 0.15) is 52.9 Å². The van der Waals surface area contributed by atoms with Crippen molar-refractivity contribution < 1.29 is 4.74 Å². The number of nitrogens with zero attached hydrogens (tertiary/aromatic N) is 4. The summed E-state index contributed by atoms with van der Waals surface area (Å²) in [6.45, 7) is 7.06. The molecule has 6 heteroatoms. The highest BCUT2D eigenvalue weighted by atomic mass is 16.5. The van der Waals surface area contributed by atoms with Crippen LogP contribution in [0.2, 0.25) is 0 Å². The summed E-state index contributed by atoms with van der Waals surface area (Å²) in [5.74, 6) is 1.17. The summed E-state index contributed by atoms with van der Waals surface area (Å²) in [5.41, 5.74) is 0. The van der Waals surface area contributed by atoms with Gasteiger partial charge < -0.3 is 15.0 Å². The maximum absolute atomic E-state index is 5.84. The minimum absolute atomic E-state index is 0.119. The molecule has 0 bridgehead atoms. The van der Waals surface area contributed by atoms with Gasteiger partial charge in [0.1, 0.15) is 0 Å². The average Bonchev–Trinajstić information content (AvgIpc) is 2.43. The molecular formula is C15H29N5O. The standard InChI is InChI=1S/C15H29N5O/c1-6-8-9-10-11-12(3)21-15-18-13(16-7-2)17-14(19-15)20(4)5/h12H,6-11H2,1-5H3,(H,16,17,18,19). The molecule has 6 nitrogen and oxygen atoms in total. The lowest BCUT2D eigenvalue weighted by molar-refractivity contribution is 0.189.